The van der Waals surface area contributed by atoms with Crippen molar-refractivity contribution in [1.29, 1.82) is 0 Å². The van der Waals surface area contributed by atoms with Gasteiger partial charge in [-0.3, -0.25) is 4.79 Å². The maximum absolute atomic E-state index is 11.6. The normalized spacial score (nSPS) is 10.3. The van der Waals surface area contributed by atoms with Crippen molar-refractivity contribution in [3.8, 4) is 0 Å². The lowest BCUT2D eigenvalue weighted by Gasteiger charge is -2.25. The fraction of sp³-hybridized carbons (Fsp3) is 0.364. The molecule has 0 saturated carbocycles. The number of benzene rings is 1. The van der Waals surface area contributed by atoms with Crippen LogP contribution in [0.3, 0.4) is 0 Å². The van der Waals surface area contributed by atoms with E-state index in [0.717, 1.165) is 5.69 Å². The quantitative estimate of drug-likeness (QED) is 0.744. The zero-order chi connectivity index (χ0) is 10.6. The Morgan fingerprint density at radius 2 is 1.86 bits per heavy atom. The average molecular weight is 209 g/mol. The molecule has 3 heteroatoms. The lowest BCUT2D eigenvalue weighted by Crippen LogP contribution is -2.33. The number of para-hydroxylation sites is 1. The molecule has 0 aliphatic heterocycles. The highest BCUT2D eigenvalue weighted by Crippen LogP contribution is 2.20. The first-order valence-electron chi connectivity index (χ1n) is 4.59. The second kappa shape index (κ2) is 5.05. The van der Waals surface area contributed by atoms with Gasteiger partial charge in [-0.25, -0.2) is 0 Å². The highest BCUT2D eigenvalue weighted by Gasteiger charge is 2.17. The molecule has 0 aromatic heterocycles. The molecule has 14 heavy (non-hydrogen) atoms. The Labute approximate surface area is 89.3 Å². The predicted molar refractivity (Wildman–Crippen MR) is 63.0 cm³/mol. The van der Waals surface area contributed by atoms with Crippen molar-refractivity contribution in [2.24, 2.45) is 0 Å². The van der Waals surface area contributed by atoms with Crippen molar-refractivity contribution in [1.82, 2.24) is 0 Å². The van der Waals surface area contributed by atoms with Crippen LogP contribution < -0.4 is 4.90 Å². The summed E-state index contributed by atoms with van der Waals surface area (Å²) in [5.74, 6) is 0. The summed E-state index contributed by atoms with van der Waals surface area (Å²) in [6, 6.07) is 9.93. The van der Waals surface area contributed by atoms with Crippen molar-refractivity contribution in [2.45, 2.75) is 19.9 Å². The molecule has 0 saturated heterocycles. The number of carbonyl (C=O) groups is 1. The van der Waals surface area contributed by atoms with Crippen molar-refractivity contribution < 1.29 is 4.79 Å². The van der Waals surface area contributed by atoms with Gasteiger partial charge >= 0.3 is 0 Å². The molecule has 1 amide bonds. The fourth-order valence-electron chi connectivity index (χ4n) is 1.30. The Hall–Kier alpha value is -0.960. The number of anilines is 1. The van der Waals surface area contributed by atoms with Crippen molar-refractivity contribution in [2.75, 3.05) is 11.2 Å². The Morgan fingerprint density at radius 1 is 1.29 bits per heavy atom. The molecular weight excluding hydrogens is 194 g/mol. The van der Waals surface area contributed by atoms with Gasteiger partial charge in [-0.15, -0.1) is 0 Å². The molecule has 0 radical (unpaired) electrons. The molecule has 76 valence electrons. The summed E-state index contributed by atoms with van der Waals surface area (Å²) in [7, 11) is 0. The first kappa shape index (κ1) is 11.1. The van der Waals surface area contributed by atoms with Gasteiger partial charge in [0.15, 0.2) is 0 Å². The van der Waals surface area contributed by atoms with Gasteiger partial charge in [0.1, 0.15) is 0 Å². The van der Waals surface area contributed by atoms with E-state index in [4.69, 9.17) is 0 Å². The highest BCUT2D eigenvalue weighted by atomic mass is 32.2. The number of hydrogen-bond donors (Lipinski definition) is 0. The molecule has 1 aromatic carbocycles. The summed E-state index contributed by atoms with van der Waals surface area (Å²) < 4.78 is 0. The Morgan fingerprint density at radius 3 is 2.29 bits per heavy atom. The van der Waals surface area contributed by atoms with Gasteiger partial charge in [-0.1, -0.05) is 30.0 Å². The smallest absolute Gasteiger partial charge is 0.286 e. The summed E-state index contributed by atoms with van der Waals surface area (Å²) >= 11 is 1.24. The topological polar surface area (TPSA) is 20.3 Å². The highest BCUT2D eigenvalue weighted by molar-refractivity contribution is 8.13. The van der Waals surface area contributed by atoms with E-state index in [1.165, 1.54) is 11.8 Å². The summed E-state index contributed by atoms with van der Waals surface area (Å²) in [6.07, 6.45) is 1.81. The van der Waals surface area contributed by atoms with Gasteiger partial charge in [0.05, 0.1) is 0 Å². The number of amides is 1. The van der Waals surface area contributed by atoms with E-state index >= 15 is 0 Å². The third-order valence-electron chi connectivity index (χ3n) is 1.92. The maximum Gasteiger partial charge on any atom is 0.286 e. The van der Waals surface area contributed by atoms with E-state index in [1.807, 2.05) is 44.2 Å². The van der Waals surface area contributed by atoms with Gasteiger partial charge in [0.2, 0.25) is 0 Å². The van der Waals surface area contributed by atoms with Crippen molar-refractivity contribution >= 4 is 22.7 Å². The number of rotatable bonds is 2. The zero-order valence-corrected chi connectivity index (χ0v) is 9.54. The van der Waals surface area contributed by atoms with Gasteiger partial charge in [0.25, 0.3) is 5.24 Å². The summed E-state index contributed by atoms with van der Waals surface area (Å²) in [5.41, 5.74) is 0.960. The lowest BCUT2D eigenvalue weighted by atomic mass is 10.2. The number of hydrogen-bond acceptors (Lipinski definition) is 2. The minimum absolute atomic E-state index is 0.0891. The molecular formula is C11H15NOS. The van der Waals surface area contributed by atoms with Crippen LogP contribution in [0.4, 0.5) is 10.5 Å². The minimum Gasteiger partial charge on any atom is -0.301 e. The molecule has 0 heterocycles. The first-order chi connectivity index (χ1) is 6.66. The molecule has 0 unspecified atom stereocenters. The number of thioether (sulfide) groups is 1. The fourth-order valence-corrected chi connectivity index (χ4v) is 1.81. The Bertz CT molecular complexity index is 297. The van der Waals surface area contributed by atoms with E-state index in [-0.39, 0.29) is 11.3 Å². The summed E-state index contributed by atoms with van der Waals surface area (Å²) in [5, 5.41) is 0.0891. The minimum atomic E-state index is 0.0891. The summed E-state index contributed by atoms with van der Waals surface area (Å²) in [4.78, 5) is 13.4. The molecule has 0 spiro atoms. The van der Waals surface area contributed by atoms with Crippen LogP contribution in [0.1, 0.15) is 13.8 Å². The lowest BCUT2D eigenvalue weighted by molar-refractivity contribution is 0.264. The van der Waals surface area contributed by atoms with Gasteiger partial charge in [-0.2, -0.15) is 0 Å². The maximum atomic E-state index is 11.6. The second-order valence-corrected chi connectivity index (χ2v) is 4.03. The molecule has 0 N–H and O–H groups in total. The zero-order valence-electron chi connectivity index (χ0n) is 8.73. The molecule has 0 aliphatic rings. The van der Waals surface area contributed by atoms with Crippen LogP contribution in [0.5, 0.6) is 0 Å². The third kappa shape index (κ3) is 2.51. The van der Waals surface area contributed by atoms with Crippen LogP contribution in [0, 0.1) is 0 Å². The summed E-state index contributed by atoms with van der Waals surface area (Å²) in [6.45, 7) is 4.03. The molecule has 0 aliphatic carbocycles. The SMILES string of the molecule is CSC(=O)N(c1ccccc1)C(C)C. The number of nitrogens with zero attached hydrogens (tertiary/aromatic N) is 1. The number of carbonyl (C=O) groups excluding carboxylic acids is 1. The average Bonchev–Trinajstić information content (AvgIpc) is 2.19. The Balaban J connectivity index is 2.95. The molecule has 1 aromatic rings. The molecule has 0 bridgehead atoms. The van der Waals surface area contributed by atoms with Gasteiger partial charge < -0.3 is 4.90 Å². The van der Waals surface area contributed by atoms with Crippen LogP contribution in [-0.2, 0) is 0 Å². The van der Waals surface area contributed by atoms with Crippen LogP contribution in [0.15, 0.2) is 30.3 Å². The van der Waals surface area contributed by atoms with Crippen LogP contribution in [0.2, 0.25) is 0 Å². The molecule has 2 nitrogen and oxygen atoms in total. The van der Waals surface area contributed by atoms with E-state index < -0.39 is 0 Å². The van der Waals surface area contributed by atoms with Gasteiger partial charge in [-0.05, 0) is 32.2 Å². The monoisotopic (exact) mass is 209 g/mol. The van der Waals surface area contributed by atoms with Crippen LogP contribution in [0.25, 0.3) is 0 Å². The van der Waals surface area contributed by atoms with E-state index in [1.54, 1.807) is 11.2 Å². The standard InChI is InChI=1S/C11H15NOS/c1-9(2)12(11(13)14-3)10-7-5-4-6-8-10/h4-9H,1-3H3. The van der Waals surface area contributed by atoms with E-state index in [2.05, 4.69) is 0 Å². The predicted octanol–water partition coefficient (Wildman–Crippen LogP) is 3.38. The first-order valence-corrected chi connectivity index (χ1v) is 5.81. The van der Waals surface area contributed by atoms with E-state index in [0.29, 0.717) is 0 Å². The van der Waals surface area contributed by atoms with Gasteiger partial charge in [0, 0.05) is 11.7 Å². The van der Waals surface area contributed by atoms with Crippen molar-refractivity contribution in [3.63, 3.8) is 0 Å². The van der Waals surface area contributed by atoms with Crippen LogP contribution in [-0.4, -0.2) is 17.5 Å². The molecule has 0 fully saturated rings. The molecule has 1 rings (SSSR count). The van der Waals surface area contributed by atoms with Crippen molar-refractivity contribution in [3.05, 3.63) is 30.3 Å². The molecule has 0 atom stereocenters. The van der Waals surface area contributed by atoms with E-state index in [9.17, 15) is 4.79 Å². The second-order valence-electron chi connectivity index (χ2n) is 3.27. The van der Waals surface area contributed by atoms with Crippen LogP contribution >= 0.6 is 11.8 Å². The Kier molecular flexibility index (Phi) is 4.01. The third-order valence-corrected chi connectivity index (χ3v) is 2.47. The largest absolute Gasteiger partial charge is 0.301 e.